The van der Waals surface area contributed by atoms with Crippen molar-refractivity contribution in [3.05, 3.63) is 12.2 Å². The van der Waals surface area contributed by atoms with Crippen LogP contribution in [0.15, 0.2) is 12.2 Å². The van der Waals surface area contributed by atoms with Crippen molar-refractivity contribution < 1.29 is 23.9 Å². The fraction of sp³-hybridized carbons (Fsp3) is 0.700. The lowest BCUT2D eigenvalue weighted by molar-refractivity contribution is -0.144. The van der Waals surface area contributed by atoms with E-state index in [1.165, 1.54) is 12.2 Å². The Labute approximate surface area is 101 Å². The molecular formula is C10H20NO5P. The lowest BCUT2D eigenvalue weighted by Gasteiger charge is -2.07. The van der Waals surface area contributed by atoms with Gasteiger partial charge in [-0.3, -0.25) is 9.36 Å². The number of allylic oxidation sites excluding steroid dienone is 1. The number of nitrogens with two attached hydrogens (primary N) is 1. The largest absolute Gasteiger partial charge is 0.464 e. The Morgan fingerprint density at radius 3 is 2.65 bits per heavy atom. The quantitative estimate of drug-likeness (QED) is 0.259. The van der Waals surface area contributed by atoms with E-state index in [0.717, 1.165) is 19.3 Å². The zero-order valence-electron chi connectivity index (χ0n) is 9.91. The van der Waals surface area contributed by atoms with Gasteiger partial charge in [-0.05, 0) is 6.42 Å². The van der Waals surface area contributed by atoms with Gasteiger partial charge in [0.2, 0.25) is 0 Å². The molecule has 0 aromatic heterocycles. The molecule has 0 heterocycles. The predicted octanol–water partition coefficient (Wildman–Crippen LogP) is 0.781. The molecule has 0 saturated heterocycles. The normalized spacial score (nSPS) is 13.9. The van der Waals surface area contributed by atoms with E-state index in [9.17, 15) is 9.36 Å². The first kappa shape index (κ1) is 16.3. The summed E-state index contributed by atoms with van der Waals surface area (Å²) in [5.74, 6) is -0.580. The minimum atomic E-state index is -4.08. The number of esters is 1. The molecule has 7 heteroatoms. The monoisotopic (exact) mass is 265 g/mol. The molecule has 1 atom stereocenters. The van der Waals surface area contributed by atoms with Crippen LogP contribution in [0.1, 0.15) is 26.2 Å². The van der Waals surface area contributed by atoms with Gasteiger partial charge in [0.15, 0.2) is 0 Å². The molecule has 0 radical (unpaired) electrons. The van der Waals surface area contributed by atoms with E-state index in [1.54, 1.807) is 0 Å². The molecule has 0 spiro atoms. The molecule has 0 aromatic carbocycles. The molecule has 0 saturated carbocycles. The number of unbranched alkanes of at least 4 members (excludes halogenated alkanes) is 2. The van der Waals surface area contributed by atoms with Gasteiger partial charge in [0.05, 0.1) is 12.8 Å². The van der Waals surface area contributed by atoms with Crippen LogP contribution in [0.5, 0.6) is 0 Å². The predicted molar refractivity (Wildman–Crippen MR) is 64.5 cm³/mol. The van der Waals surface area contributed by atoms with Gasteiger partial charge in [0.25, 0.3) is 0 Å². The third-order valence-corrected chi connectivity index (χ3v) is 2.64. The number of ether oxygens (including phenoxy) is 1. The fourth-order valence-corrected chi connectivity index (χ4v) is 1.44. The third kappa shape index (κ3) is 10.2. The van der Waals surface area contributed by atoms with E-state index >= 15 is 0 Å². The zero-order chi connectivity index (χ0) is 13.3. The van der Waals surface area contributed by atoms with Gasteiger partial charge in [-0.1, -0.05) is 31.9 Å². The molecular weight excluding hydrogens is 245 g/mol. The van der Waals surface area contributed by atoms with Crippen LogP contribution in [0, 0.1) is 0 Å². The van der Waals surface area contributed by atoms with E-state index in [2.05, 4.69) is 0 Å². The summed E-state index contributed by atoms with van der Waals surface area (Å²) in [5, 5.41) is 0. The highest BCUT2D eigenvalue weighted by atomic mass is 31.2. The molecule has 4 N–H and O–H groups in total. The van der Waals surface area contributed by atoms with Crippen molar-refractivity contribution in [3.8, 4) is 0 Å². The number of hydrogen-bond donors (Lipinski definition) is 3. The summed E-state index contributed by atoms with van der Waals surface area (Å²) < 4.78 is 15.4. The smallest absolute Gasteiger partial charge is 0.329 e. The molecule has 0 amide bonds. The van der Waals surface area contributed by atoms with Crippen molar-refractivity contribution in [1.82, 2.24) is 0 Å². The first-order valence-corrected chi connectivity index (χ1v) is 7.30. The van der Waals surface area contributed by atoms with E-state index in [4.69, 9.17) is 20.3 Å². The highest BCUT2D eigenvalue weighted by molar-refractivity contribution is 7.51. The van der Waals surface area contributed by atoms with Gasteiger partial charge in [-0.2, -0.15) is 0 Å². The number of carbonyl (C=O) groups excluding carboxylic acids is 1. The third-order valence-electron chi connectivity index (χ3n) is 1.95. The molecule has 0 fully saturated rings. The molecule has 17 heavy (non-hydrogen) atoms. The zero-order valence-corrected chi connectivity index (χ0v) is 10.8. The van der Waals surface area contributed by atoms with E-state index in [-0.39, 0.29) is 0 Å². The van der Waals surface area contributed by atoms with Crippen LogP contribution >= 0.6 is 7.60 Å². The topological polar surface area (TPSA) is 110 Å². The Bertz CT molecular complexity index is 299. The Morgan fingerprint density at radius 1 is 1.47 bits per heavy atom. The standard InChI is InChI=1S/C10H20NO5P/c1-2-3-4-7-16-10(12)9(11)6-5-8-17(13,14)15/h5-6,9H,2-4,7-8,11H2,1H3,(H2,13,14,15)/b6-5+. The molecule has 0 aliphatic heterocycles. The lowest BCUT2D eigenvalue weighted by Crippen LogP contribution is -2.30. The highest BCUT2D eigenvalue weighted by Gasteiger charge is 2.13. The van der Waals surface area contributed by atoms with Gasteiger partial charge in [0.1, 0.15) is 6.04 Å². The van der Waals surface area contributed by atoms with Crippen molar-refractivity contribution in [3.63, 3.8) is 0 Å². The maximum Gasteiger partial charge on any atom is 0.329 e. The molecule has 0 bridgehead atoms. The van der Waals surface area contributed by atoms with Crippen LogP contribution in [0.4, 0.5) is 0 Å². The average molecular weight is 265 g/mol. The first-order chi connectivity index (χ1) is 7.87. The summed E-state index contributed by atoms with van der Waals surface area (Å²) >= 11 is 0. The molecule has 1 unspecified atom stereocenters. The Kier molecular flexibility index (Phi) is 8.08. The van der Waals surface area contributed by atoms with Gasteiger partial charge >= 0.3 is 13.6 Å². The van der Waals surface area contributed by atoms with Crippen molar-refractivity contribution in [2.75, 3.05) is 12.8 Å². The van der Waals surface area contributed by atoms with Crippen LogP contribution in [-0.2, 0) is 14.1 Å². The van der Waals surface area contributed by atoms with Gasteiger partial charge in [0, 0.05) is 0 Å². The number of hydrogen-bond acceptors (Lipinski definition) is 4. The van der Waals surface area contributed by atoms with Gasteiger partial charge in [-0.25, -0.2) is 0 Å². The molecule has 0 aliphatic carbocycles. The van der Waals surface area contributed by atoms with Crippen LogP contribution in [0.2, 0.25) is 0 Å². The Morgan fingerprint density at radius 2 is 2.12 bits per heavy atom. The van der Waals surface area contributed by atoms with E-state index < -0.39 is 25.8 Å². The molecule has 0 aliphatic rings. The minimum Gasteiger partial charge on any atom is -0.464 e. The van der Waals surface area contributed by atoms with Crippen LogP contribution in [-0.4, -0.2) is 34.6 Å². The summed E-state index contributed by atoms with van der Waals surface area (Å²) in [5.41, 5.74) is 5.45. The summed E-state index contributed by atoms with van der Waals surface area (Å²) in [6, 6.07) is -0.969. The molecule has 100 valence electrons. The molecule has 0 aromatic rings. The summed E-state index contributed by atoms with van der Waals surface area (Å²) in [6.07, 6.45) is 4.81. The van der Waals surface area contributed by atoms with E-state index in [0.29, 0.717) is 6.61 Å². The SMILES string of the molecule is CCCCCOC(=O)C(N)/C=C/CP(=O)(O)O. The number of carbonyl (C=O) groups is 1. The van der Waals surface area contributed by atoms with Crippen molar-refractivity contribution in [1.29, 1.82) is 0 Å². The Hall–Kier alpha value is -0.680. The maximum absolute atomic E-state index is 11.3. The van der Waals surface area contributed by atoms with Crippen LogP contribution in [0.3, 0.4) is 0 Å². The molecule has 6 nitrogen and oxygen atoms in total. The van der Waals surface area contributed by atoms with Crippen molar-refractivity contribution in [2.45, 2.75) is 32.2 Å². The average Bonchev–Trinajstić information content (AvgIpc) is 2.22. The fourth-order valence-electron chi connectivity index (χ4n) is 1.04. The second kappa shape index (κ2) is 8.42. The second-order valence-corrected chi connectivity index (χ2v) is 5.37. The van der Waals surface area contributed by atoms with Crippen LogP contribution in [0.25, 0.3) is 0 Å². The number of rotatable bonds is 8. The van der Waals surface area contributed by atoms with Crippen molar-refractivity contribution in [2.24, 2.45) is 5.73 Å². The van der Waals surface area contributed by atoms with Crippen molar-refractivity contribution >= 4 is 13.6 Å². The highest BCUT2D eigenvalue weighted by Crippen LogP contribution is 2.33. The minimum absolute atomic E-state index is 0.326. The summed E-state index contributed by atoms with van der Waals surface area (Å²) in [4.78, 5) is 28.4. The maximum atomic E-state index is 11.3. The van der Waals surface area contributed by atoms with Crippen LogP contribution < -0.4 is 5.73 Å². The van der Waals surface area contributed by atoms with Gasteiger partial charge < -0.3 is 20.3 Å². The Balaban J connectivity index is 3.85. The van der Waals surface area contributed by atoms with E-state index in [1.807, 2.05) is 6.92 Å². The summed E-state index contributed by atoms with van der Waals surface area (Å²) in [7, 11) is -4.08. The van der Waals surface area contributed by atoms with Gasteiger partial charge in [-0.15, -0.1) is 0 Å². The second-order valence-electron chi connectivity index (χ2n) is 3.68. The summed E-state index contributed by atoms with van der Waals surface area (Å²) in [6.45, 7) is 2.37. The molecule has 0 rings (SSSR count). The first-order valence-electron chi connectivity index (χ1n) is 5.50. The lowest BCUT2D eigenvalue weighted by atomic mass is 10.2.